The van der Waals surface area contributed by atoms with Crippen LogP contribution in [0.5, 0.6) is 11.5 Å². The van der Waals surface area contributed by atoms with Crippen LogP contribution in [0.2, 0.25) is 15.1 Å². The lowest BCUT2D eigenvalue weighted by molar-refractivity contribution is -0.133. The van der Waals surface area contributed by atoms with E-state index in [9.17, 15) is 14.7 Å². The summed E-state index contributed by atoms with van der Waals surface area (Å²) >= 11 is 22.2. The molecular weight excluding hydrogens is 727 g/mol. The van der Waals surface area contributed by atoms with E-state index < -0.39 is 17.5 Å². The molecule has 6 aliphatic heterocycles. The van der Waals surface area contributed by atoms with Crippen molar-refractivity contribution in [2.24, 2.45) is 0 Å². The predicted molar refractivity (Wildman–Crippen MR) is 205 cm³/mol. The number of carbonyl (C=O) groups is 2. The molecule has 0 bridgehead atoms. The van der Waals surface area contributed by atoms with Gasteiger partial charge in [-0.25, -0.2) is 4.79 Å². The number of anilines is 2. The van der Waals surface area contributed by atoms with Crippen LogP contribution in [0.4, 0.5) is 11.4 Å². The lowest BCUT2D eigenvalue weighted by Crippen LogP contribution is -2.49. The summed E-state index contributed by atoms with van der Waals surface area (Å²) in [5.74, 6) is -0.624. The molecule has 0 aromatic heterocycles. The maximum atomic E-state index is 14.4. The smallest absolute Gasteiger partial charge is 0.341 e. The van der Waals surface area contributed by atoms with E-state index in [2.05, 4.69) is 75.6 Å². The SMILES string of the molecule is CC1=CC(C)(C)N2CCCc3c4c(cc1c32)C1(OC(=O)c2c(Cl)c(Cl)c(SCC(=O)O)c(Cl)c21)c1cc2c3c(c1O4)CCCN3C(C)(C)C=C2C. The largest absolute Gasteiger partial charge is 0.481 e. The van der Waals surface area contributed by atoms with Crippen LogP contribution in [-0.4, -0.2) is 47.0 Å². The maximum Gasteiger partial charge on any atom is 0.341 e. The first kappa shape index (κ1) is 33.5. The molecule has 0 aliphatic carbocycles. The van der Waals surface area contributed by atoms with E-state index in [0.29, 0.717) is 33.1 Å². The Bertz CT molecular complexity index is 2150. The van der Waals surface area contributed by atoms with Gasteiger partial charge in [-0.15, -0.1) is 11.8 Å². The third-order valence-corrected chi connectivity index (χ3v) is 14.2. The number of benzene rings is 3. The van der Waals surface area contributed by atoms with E-state index in [0.717, 1.165) is 95.3 Å². The zero-order valence-corrected chi connectivity index (χ0v) is 32.4. The van der Waals surface area contributed by atoms with Gasteiger partial charge in [0.1, 0.15) is 11.5 Å². The standard InChI is InChI=1S/C40H37Cl3N2O5S/c1-18-15-38(3,4)44-11-7-9-20-32(44)22(18)13-24-34(20)49-35-21-10-8-12-45-33(21)23(19(2)16-39(45,5)6)14-25(35)40(24)28-27(37(48)50-40)29(41)31(43)36(30(28)42)51-17-26(46)47/h13-16H,7-12,17H2,1-6H3,(H,46,47). The van der Waals surface area contributed by atoms with Crippen LogP contribution in [0, 0.1) is 0 Å². The average Bonchev–Trinajstić information content (AvgIpc) is 3.37. The lowest BCUT2D eigenvalue weighted by atomic mass is 9.71. The van der Waals surface area contributed by atoms with Crippen molar-refractivity contribution >= 4 is 81.0 Å². The van der Waals surface area contributed by atoms with Crippen LogP contribution in [0.25, 0.3) is 11.1 Å². The molecule has 0 radical (unpaired) electrons. The number of nitrogens with zero attached hydrogens (tertiary/aromatic N) is 2. The van der Waals surface area contributed by atoms with Gasteiger partial charge < -0.3 is 24.4 Å². The van der Waals surface area contributed by atoms with Gasteiger partial charge in [-0.05, 0) is 90.5 Å². The summed E-state index contributed by atoms with van der Waals surface area (Å²) in [6.07, 6.45) is 8.03. The summed E-state index contributed by atoms with van der Waals surface area (Å²) in [4.78, 5) is 31.4. The van der Waals surface area contributed by atoms with Crippen LogP contribution < -0.4 is 14.5 Å². The zero-order valence-electron chi connectivity index (χ0n) is 29.3. The molecule has 6 aliphatic rings. The van der Waals surface area contributed by atoms with Crippen molar-refractivity contribution in [3.8, 4) is 11.5 Å². The number of aliphatic carboxylic acids is 1. The van der Waals surface area contributed by atoms with Crippen molar-refractivity contribution in [3.63, 3.8) is 0 Å². The minimum Gasteiger partial charge on any atom is -0.481 e. The molecule has 7 nitrogen and oxygen atoms in total. The number of thioether (sulfide) groups is 1. The highest BCUT2D eigenvalue weighted by Crippen LogP contribution is 2.66. The Balaban J connectivity index is 1.44. The van der Waals surface area contributed by atoms with E-state index in [1.54, 1.807) is 0 Å². The van der Waals surface area contributed by atoms with Crippen molar-refractivity contribution in [3.05, 3.63) is 83.9 Å². The third-order valence-electron chi connectivity index (χ3n) is 11.6. The van der Waals surface area contributed by atoms with Crippen LogP contribution >= 0.6 is 46.6 Å². The number of hydrogen-bond donors (Lipinski definition) is 1. The van der Waals surface area contributed by atoms with Gasteiger partial charge in [0.05, 0.1) is 48.8 Å². The van der Waals surface area contributed by atoms with Crippen molar-refractivity contribution in [1.82, 2.24) is 0 Å². The van der Waals surface area contributed by atoms with Gasteiger partial charge in [0.2, 0.25) is 0 Å². The highest BCUT2D eigenvalue weighted by Gasteiger charge is 2.59. The van der Waals surface area contributed by atoms with Gasteiger partial charge in [0.25, 0.3) is 0 Å². The Morgan fingerprint density at radius 3 is 1.84 bits per heavy atom. The minimum absolute atomic E-state index is 0.00738. The molecule has 6 heterocycles. The number of esters is 1. The quantitative estimate of drug-likeness (QED) is 0.161. The molecule has 1 N–H and O–H groups in total. The van der Waals surface area contributed by atoms with Gasteiger partial charge >= 0.3 is 11.9 Å². The van der Waals surface area contributed by atoms with E-state index in [1.165, 1.54) is 0 Å². The Morgan fingerprint density at radius 2 is 1.35 bits per heavy atom. The van der Waals surface area contributed by atoms with Gasteiger partial charge in [0, 0.05) is 56.9 Å². The number of carboxylic acid groups (broad SMARTS) is 1. The molecule has 0 amide bonds. The first-order valence-electron chi connectivity index (χ1n) is 17.4. The minimum atomic E-state index is -1.55. The molecule has 0 fully saturated rings. The molecule has 1 spiro atoms. The van der Waals surface area contributed by atoms with Gasteiger partial charge in [0.15, 0.2) is 5.60 Å². The second-order valence-corrected chi connectivity index (χ2v) is 17.7. The first-order chi connectivity index (χ1) is 24.1. The molecule has 3 aromatic rings. The number of rotatable bonds is 3. The summed E-state index contributed by atoms with van der Waals surface area (Å²) in [6.45, 7) is 15.0. The summed E-state index contributed by atoms with van der Waals surface area (Å²) in [5.41, 5.74) is 8.67. The highest BCUT2D eigenvalue weighted by molar-refractivity contribution is 8.00. The molecule has 3 aromatic carbocycles. The molecule has 264 valence electrons. The molecule has 0 unspecified atom stereocenters. The Morgan fingerprint density at radius 1 is 0.843 bits per heavy atom. The van der Waals surface area contributed by atoms with Gasteiger partial charge in [-0.3, -0.25) is 4.79 Å². The molecule has 9 rings (SSSR count). The topological polar surface area (TPSA) is 79.3 Å². The van der Waals surface area contributed by atoms with E-state index in [1.807, 2.05) is 0 Å². The molecule has 11 heteroatoms. The van der Waals surface area contributed by atoms with Gasteiger partial charge in [-0.1, -0.05) is 47.0 Å². The molecule has 51 heavy (non-hydrogen) atoms. The molecule has 0 saturated heterocycles. The number of carbonyl (C=O) groups excluding carboxylic acids is 1. The second-order valence-electron chi connectivity index (χ2n) is 15.6. The first-order valence-corrected chi connectivity index (χ1v) is 19.5. The summed E-state index contributed by atoms with van der Waals surface area (Å²) in [5, 5.41) is 9.80. The number of hydrogen-bond acceptors (Lipinski definition) is 7. The fourth-order valence-corrected chi connectivity index (χ4v) is 11.7. The third kappa shape index (κ3) is 4.34. The van der Waals surface area contributed by atoms with Crippen molar-refractivity contribution in [2.75, 3.05) is 28.6 Å². The van der Waals surface area contributed by atoms with E-state index in [-0.39, 0.29) is 37.5 Å². The monoisotopic (exact) mass is 762 g/mol. The zero-order chi connectivity index (χ0) is 36.1. The number of allylic oxidation sites excluding steroid dienone is 2. The fourth-order valence-electron chi connectivity index (χ4n) is 9.72. The lowest BCUT2D eigenvalue weighted by Gasteiger charge is -2.50. The number of fused-ring (bicyclic) bond motifs is 8. The van der Waals surface area contributed by atoms with Crippen LogP contribution in [0.15, 0.2) is 29.2 Å². The highest BCUT2D eigenvalue weighted by atomic mass is 35.5. The van der Waals surface area contributed by atoms with Crippen molar-refractivity contribution < 1.29 is 24.2 Å². The molecule has 0 atom stereocenters. The summed E-state index contributed by atoms with van der Waals surface area (Å²) in [7, 11) is 0. The summed E-state index contributed by atoms with van der Waals surface area (Å²) < 4.78 is 14.1. The van der Waals surface area contributed by atoms with Gasteiger partial charge in [-0.2, -0.15) is 0 Å². The molecule has 0 saturated carbocycles. The van der Waals surface area contributed by atoms with Crippen molar-refractivity contribution in [2.45, 2.75) is 88.8 Å². The Kier molecular flexibility index (Phi) is 7.15. The predicted octanol–water partition coefficient (Wildman–Crippen LogP) is 10.3. The van der Waals surface area contributed by atoms with Crippen molar-refractivity contribution in [1.29, 1.82) is 0 Å². The Labute approximate surface area is 316 Å². The molecular formula is C40H37Cl3N2O5S. The summed E-state index contributed by atoms with van der Waals surface area (Å²) in [6, 6.07) is 4.23. The normalized spacial score (nSPS) is 20.7. The van der Waals surface area contributed by atoms with Crippen LogP contribution in [0.1, 0.15) is 104 Å². The van der Waals surface area contributed by atoms with E-state index in [4.69, 9.17) is 44.3 Å². The Hall–Kier alpha value is -3.30. The van der Waals surface area contributed by atoms with E-state index >= 15 is 0 Å². The number of ether oxygens (including phenoxy) is 2. The van der Waals surface area contributed by atoms with Crippen LogP contribution in [-0.2, 0) is 28.0 Å². The maximum absolute atomic E-state index is 14.4. The average molecular weight is 764 g/mol. The fraction of sp³-hybridized carbons (Fsp3) is 0.400. The second kappa shape index (κ2) is 10.9. The number of halogens is 3. The number of carboxylic acids is 1. The van der Waals surface area contributed by atoms with Crippen LogP contribution in [0.3, 0.4) is 0 Å².